The van der Waals surface area contributed by atoms with Crippen LogP contribution in [0.25, 0.3) is 0 Å². The van der Waals surface area contributed by atoms with Crippen LogP contribution in [0.5, 0.6) is 0 Å². The van der Waals surface area contributed by atoms with Crippen molar-refractivity contribution in [3.8, 4) is 0 Å². The summed E-state index contributed by atoms with van der Waals surface area (Å²) >= 11 is 0. The van der Waals surface area contributed by atoms with Gasteiger partial charge in [-0.1, -0.05) is 13.3 Å². The lowest BCUT2D eigenvalue weighted by molar-refractivity contribution is 0.0973. The number of hydrogen-bond donors (Lipinski definition) is 0. The van der Waals surface area contributed by atoms with Gasteiger partial charge in [0.2, 0.25) is 0 Å². The third kappa shape index (κ3) is 2.40. The van der Waals surface area contributed by atoms with Crippen LogP contribution >= 0.6 is 0 Å². The van der Waals surface area contributed by atoms with E-state index in [1.54, 1.807) is 4.80 Å². The van der Waals surface area contributed by atoms with E-state index in [9.17, 15) is 4.79 Å². The molecular weight excluding hydrogens is 178 g/mol. The highest BCUT2D eigenvalue weighted by molar-refractivity contribution is 5.94. The Morgan fingerprint density at radius 1 is 1.43 bits per heavy atom. The zero-order valence-corrected chi connectivity index (χ0v) is 9.08. The van der Waals surface area contributed by atoms with Gasteiger partial charge in [0, 0.05) is 7.85 Å². The molecule has 14 heavy (non-hydrogen) atoms. The predicted molar refractivity (Wildman–Crippen MR) is 56.4 cm³/mol. The summed E-state index contributed by atoms with van der Waals surface area (Å²) in [5.74, 6) is 0.115. The topological polar surface area (TPSA) is 47.8 Å². The summed E-state index contributed by atoms with van der Waals surface area (Å²) in [6, 6.07) is 0. The molecule has 1 aromatic rings. The molecule has 0 unspecified atom stereocenters. The van der Waals surface area contributed by atoms with Gasteiger partial charge < -0.3 is 0 Å². The molecule has 0 radical (unpaired) electrons. The summed E-state index contributed by atoms with van der Waals surface area (Å²) in [4.78, 5) is 13.2. The Balaban J connectivity index is 0.00000196. The van der Waals surface area contributed by atoms with Crippen LogP contribution in [0.2, 0.25) is 0 Å². The molecule has 0 aliphatic rings. The van der Waals surface area contributed by atoms with Crippen molar-refractivity contribution in [2.24, 2.45) is 0 Å². The van der Waals surface area contributed by atoms with Crippen molar-refractivity contribution < 1.29 is 6.22 Å². The van der Waals surface area contributed by atoms with Crippen LogP contribution in [-0.4, -0.2) is 20.8 Å². The fourth-order valence-electron chi connectivity index (χ4n) is 1.29. The number of hydrogen-bond acceptors (Lipinski definition) is 3. The SMILES string of the molecule is CCCCC(=O)c1nn(CC)nc1C.[HH]. The van der Waals surface area contributed by atoms with E-state index in [0.29, 0.717) is 18.7 Å². The lowest BCUT2D eigenvalue weighted by atomic mass is 10.1. The largest absolute Gasteiger partial charge is 0.292 e. The summed E-state index contributed by atoms with van der Waals surface area (Å²) in [6.45, 7) is 6.57. The van der Waals surface area contributed by atoms with Gasteiger partial charge in [0.25, 0.3) is 0 Å². The van der Waals surface area contributed by atoms with E-state index in [-0.39, 0.29) is 7.21 Å². The van der Waals surface area contributed by atoms with Crippen LogP contribution in [0, 0.1) is 6.92 Å². The van der Waals surface area contributed by atoms with Crippen molar-refractivity contribution in [2.45, 2.75) is 46.6 Å². The van der Waals surface area contributed by atoms with Crippen LogP contribution in [0.3, 0.4) is 0 Å². The van der Waals surface area contributed by atoms with Gasteiger partial charge in [-0.2, -0.15) is 9.90 Å². The summed E-state index contributed by atoms with van der Waals surface area (Å²) in [5.41, 5.74) is 1.29. The standard InChI is InChI=1S/C10H17N3O.H2/c1-4-6-7-9(14)10-8(3)11-13(5-2)12-10;/h4-7H2,1-3H3;1H. The molecule has 80 valence electrons. The van der Waals surface area contributed by atoms with Gasteiger partial charge >= 0.3 is 0 Å². The molecule has 1 aromatic heterocycles. The maximum Gasteiger partial charge on any atom is 0.185 e. The predicted octanol–water partition coefficient (Wildman–Crippen LogP) is 2.23. The molecule has 0 aliphatic heterocycles. The minimum atomic E-state index is 0. The first kappa shape index (κ1) is 10.9. The van der Waals surface area contributed by atoms with E-state index < -0.39 is 0 Å². The van der Waals surface area contributed by atoms with E-state index in [4.69, 9.17) is 0 Å². The van der Waals surface area contributed by atoms with Crippen LogP contribution in [0.1, 0.15) is 50.7 Å². The van der Waals surface area contributed by atoms with Crippen molar-refractivity contribution in [3.05, 3.63) is 11.4 Å². The minimum absolute atomic E-state index is 0. The zero-order valence-electron chi connectivity index (χ0n) is 9.08. The Morgan fingerprint density at radius 3 is 2.64 bits per heavy atom. The van der Waals surface area contributed by atoms with Crippen molar-refractivity contribution in [1.29, 1.82) is 0 Å². The molecule has 0 saturated carbocycles. The average molecular weight is 197 g/mol. The Labute approximate surface area is 85.8 Å². The minimum Gasteiger partial charge on any atom is -0.292 e. The molecular formula is C10H19N3O. The van der Waals surface area contributed by atoms with E-state index in [0.717, 1.165) is 18.5 Å². The molecule has 0 saturated heterocycles. The van der Waals surface area contributed by atoms with Crippen molar-refractivity contribution in [3.63, 3.8) is 0 Å². The third-order valence-corrected chi connectivity index (χ3v) is 2.13. The van der Waals surface area contributed by atoms with Crippen LogP contribution in [-0.2, 0) is 6.54 Å². The van der Waals surface area contributed by atoms with Crippen molar-refractivity contribution >= 4 is 5.78 Å². The Kier molecular flexibility index (Phi) is 3.80. The number of rotatable bonds is 5. The lowest BCUT2D eigenvalue weighted by Gasteiger charge is -1.94. The number of aryl methyl sites for hydroxylation is 2. The molecule has 0 N–H and O–H groups in total. The molecule has 0 spiro atoms. The van der Waals surface area contributed by atoms with Gasteiger partial charge in [0.15, 0.2) is 11.5 Å². The Hall–Kier alpha value is -1.19. The Morgan fingerprint density at radius 2 is 2.14 bits per heavy atom. The molecule has 1 rings (SSSR count). The monoisotopic (exact) mass is 197 g/mol. The average Bonchev–Trinajstić information content (AvgIpc) is 2.56. The number of unbranched alkanes of at least 4 members (excludes halogenated alkanes) is 1. The summed E-state index contributed by atoms with van der Waals surface area (Å²) in [5, 5.41) is 8.28. The van der Waals surface area contributed by atoms with E-state index in [1.807, 2.05) is 13.8 Å². The van der Waals surface area contributed by atoms with E-state index in [2.05, 4.69) is 17.1 Å². The van der Waals surface area contributed by atoms with Gasteiger partial charge in [-0.25, -0.2) is 0 Å². The molecule has 0 aliphatic carbocycles. The number of carbonyl (C=O) groups is 1. The molecule has 4 heteroatoms. The third-order valence-electron chi connectivity index (χ3n) is 2.13. The summed E-state index contributed by atoms with van der Waals surface area (Å²) in [6.07, 6.45) is 2.55. The molecule has 0 aromatic carbocycles. The van der Waals surface area contributed by atoms with Crippen LogP contribution < -0.4 is 0 Å². The van der Waals surface area contributed by atoms with Gasteiger partial charge in [-0.05, 0) is 20.3 Å². The molecule has 0 amide bonds. The highest BCUT2D eigenvalue weighted by Crippen LogP contribution is 2.07. The maximum absolute atomic E-state index is 11.6. The first-order chi connectivity index (χ1) is 6.69. The van der Waals surface area contributed by atoms with Crippen LogP contribution in [0.15, 0.2) is 0 Å². The van der Waals surface area contributed by atoms with Crippen LogP contribution in [0.4, 0.5) is 0 Å². The fraction of sp³-hybridized carbons (Fsp3) is 0.700. The zero-order chi connectivity index (χ0) is 10.6. The Bertz CT molecular complexity index is 322. The molecule has 0 fully saturated rings. The highest BCUT2D eigenvalue weighted by atomic mass is 16.1. The van der Waals surface area contributed by atoms with Crippen molar-refractivity contribution in [2.75, 3.05) is 0 Å². The van der Waals surface area contributed by atoms with E-state index >= 15 is 0 Å². The molecule has 0 bridgehead atoms. The number of carbonyl (C=O) groups excluding carboxylic acids is 1. The summed E-state index contributed by atoms with van der Waals surface area (Å²) in [7, 11) is 0. The number of ketones is 1. The van der Waals surface area contributed by atoms with Gasteiger partial charge in [-0.3, -0.25) is 4.79 Å². The first-order valence-electron chi connectivity index (χ1n) is 5.14. The van der Waals surface area contributed by atoms with Gasteiger partial charge in [0.1, 0.15) is 0 Å². The second kappa shape index (κ2) is 4.88. The van der Waals surface area contributed by atoms with Crippen molar-refractivity contribution in [1.82, 2.24) is 15.0 Å². The maximum atomic E-state index is 11.6. The number of Topliss-reactive ketones (excluding diaryl/α,β-unsaturated/α-hetero) is 1. The number of aromatic nitrogens is 3. The van der Waals surface area contributed by atoms with Gasteiger partial charge in [-0.15, -0.1) is 5.10 Å². The van der Waals surface area contributed by atoms with E-state index in [1.165, 1.54) is 0 Å². The molecule has 4 nitrogen and oxygen atoms in total. The second-order valence-electron chi connectivity index (χ2n) is 3.35. The first-order valence-corrected chi connectivity index (χ1v) is 5.14. The quantitative estimate of drug-likeness (QED) is 0.680. The molecule has 1 heterocycles. The smallest absolute Gasteiger partial charge is 0.185 e. The second-order valence-corrected chi connectivity index (χ2v) is 3.35. The molecule has 0 atom stereocenters. The lowest BCUT2D eigenvalue weighted by Crippen LogP contribution is -2.03. The normalized spacial score (nSPS) is 10.5. The fourth-order valence-corrected chi connectivity index (χ4v) is 1.29. The van der Waals surface area contributed by atoms with Gasteiger partial charge in [0.05, 0.1) is 12.2 Å². The highest BCUT2D eigenvalue weighted by Gasteiger charge is 2.13. The number of nitrogens with zero attached hydrogens (tertiary/aromatic N) is 3. The summed E-state index contributed by atoms with van der Waals surface area (Å²) < 4.78 is 0.